The number of fused-ring (bicyclic) bond motifs is 3. The number of aromatic nitrogens is 2. The van der Waals surface area contributed by atoms with Gasteiger partial charge in [0.1, 0.15) is 5.82 Å². The number of amides is 1. The van der Waals surface area contributed by atoms with Crippen LogP contribution in [-0.2, 0) is 28.9 Å². The summed E-state index contributed by atoms with van der Waals surface area (Å²) in [5.41, 5.74) is 7.76. The number of benzene rings is 1. The molecule has 1 saturated heterocycles. The van der Waals surface area contributed by atoms with Crippen LogP contribution in [0.25, 0.3) is 10.9 Å². The molecule has 0 radical (unpaired) electrons. The molecule has 0 spiro atoms. The van der Waals surface area contributed by atoms with Crippen LogP contribution in [0.1, 0.15) is 52.6 Å². The van der Waals surface area contributed by atoms with Crippen LogP contribution in [-0.4, -0.2) is 39.5 Å². The summed E-state index contributed by atoms with van der Waals surface area (Å²) >= 11 is 0. The van der Waals surface area contributed by atoms with Gasteiger partial charge in [-0.05, 0) is 49.7 Å². The molecule has 0 unspecified atom stereocenters. The van der Waals surface area contributed by atoms with Crippen LogP contribution < -0.4 is 5.73 Å². The molecule has 34 heavy (non-hydrogen) atoms. The highest BCUT2D eigenvalue weighted by Gasteiger charge is 2.39. The Hall–Kier alpha value is -3.24. The van der Waals surface area contributed by atoms with Crippen molar-refractivity contribution in [1.29, 1.82) is 0 Å². The van der Waals surface area contributed by atoms with Crippen LogP contribution in [0.2, 0.25) is 0 Å². The van der Waals surface area contributed by atoms with E-state index < -0.39 is 23.4 Å². The quantitative estimate of drug-likeness (QED) is 0.600. The molecule has 1 aromatic carbocycles. The van der Waals surface area contributed by atoms with Crippen LogP contribution in [0.15, 0.2) is 36.5 Å². The third-order valence-corrected chi connectivity index (χ3v) is 6.25. The Morgan fingerprint density at radius 2 is 1.94 bits per heavy atom. The van der Waals surface area contributed by atoms with E-state index in [0.29, 0.717) is 35.8 Å². The van der Waals surface area contributed by atoms with Crippen molar-refractivity contribution < 1.29 is 27.4 Å². The number of nitrogens with two attached hydrogens (primary N) is 1. The molecule has 2 N–H and O–H groups in total. The number of hydrogen-bond donors (Lipinski definition) is 1. The molecule has 178 valence electrons. The molecular weight excluding hydrogens is 449 g/mol. The summed E-state index contributed by atoms with van der Waals surface area (Å²) in [7, 11) is 0. The number of ether oxygens (including phenoxy) is 2. The third kappa shape index (κ3) is 3.97. The molecule has 2 aliphatic rings. The maximum atomic E-state index is 13.7. The Bertz CT molecular complexity index is 1280. The summed E-state index contributed by atoms with van der Waals surface area (Å²) in [6, 6.07) is 6.84. The minimum Gasteiger partial charge on any atom is -0.383 e. The van der Waals surface area contributed by atoms with Crippen LogP contribution >= 0.6 is 0 Å². The number of halogens is 3. The van der Waals surface area contributed by atoms with Gasteiger partial charge in [-0.15, -0.1) is 0 Å². The number of nitrogen functional groups attached to an aromatic ring is 1. The number of hydrogen-bond acceptors (Lipinski definition) is 6. The number of alkyl halides is 3. The fraction of sp³-hybridized carbons (Fsp3) is 0.375. The Labute approximate surface area is 193 Å². The zero-order valence-electron chi connectivity index (χ0n) is 18.6. The second kappa shape index (κ2) is 7.92. The Kier molecular flexibility index (Phi) is 5.25. The van der Waals surface area contributed by atoms with Gasteiger partial charge in [-0.1, -0.05) is 0 Å². The van der Waals surface area contributed by atoms with E-state index in [1.54, 1.807) is 23.1 Å². The topological polar surface area (TPSA) is 90.6 Å². The first kappa shape index (κ1) is 22.5. The molecular formula is C24H23F3N4O3. The standard InChI is InChI=1S/C24H23F3N4O3/c1-23(2)12-31(20(11-34-23)19-6-4-14(8-29-19)24(25,26)27)22(32)13-3-5-18-15(7-13)16-9-33-10-17(16)21(28)30-18/h3-8,20H,9-12H2,1-2H3,(H2,28,30)/t20-/m1/s1. The fourth-order valence-corrected chi connectivity index (χ4v) is 4.46. The molecule has 2 aromatic heterocycles. The molecule has 1 atom stereocenters. The van der Waals surface area contributed by atoms with Gasteiger partial charge in [-0.2, -0.15) is 13.2 Å². The van der Waals surface area contributed by atoms with E-state index in [-0.39, 0.29) is 19.1 Å². The van der Waals surface area contributed by atoms with Gasteiger partial charge >= 0.3 is 6.18 Å². The molecule has 0 aliphatic carbocycles. The van der Waals surface area contributed by atoms with E-state index >= 15 is 0 Å². The van der Waals surface area contributed by atoms with Gasteiger partial charge in [0.05, 0.1) is 54.8 Å². The molecule has 7 nitrogen and oxygen atoms in total. The minimum atomic E-state index is -4.49. The lowest BCUT2D eigenvalue weighted by Gasteiger charge is -2.43. The Morgan fingerprint density at radius 1 is 1.18 bits per heavy atom. The first-order chi connectivity index (χ1) is 16.0. The smallest absolute Gasteiger partial charge is 0.383 e. The van der Waals surface area contributed by atoms with Gasteiger partial charge in [0.25, 0.3) is 5.91 Å². The number of nitrogens with zero attached hydrogens (tertiary/aromatic N) is 3. The molecule has 3 aromatic rings. The molecule has 1 amide bonds. The van der Waals surface area contributed by atoms with Crippen molar-refractivity contribution in [2.24, 2.45) is 0 Å². The predicted octanol–water partition coefficient (Wildman–Crippen LogP) is 4.25. The van der Waals surface area contributed by atoms with E-state index in [9.17, 15) is 18.0 Å². The van der Waals surface area contributed by atoms with Crippen molar-refractivity contribution in [3.05, 3.63) is 64.5 Å². The number of carbonyl (C=O) groups is 1. The molecule has 10 heteroatoms. The average Bonchev–Trinajstić information content (AvgIpc) is 3.29. The number of rotatable bonds is 2. The lowest BCUT2D eigenvalue weighted by Crippen LogP contribution is -2.52. The van der Waals surface area contributed by atoms with Crippen molar-refractivity contribution in [3.8, 4) is 0 Å². The van der Waals surface area contributed by atoms with E-state index in [1.807, 2.05) is 13.8 Å². The number of morpholine rings is 1. The SMILES string of the molecule is CC1(C)CN(C(=O)c2ccc3nc(N)c4c(c3c2)COC4)[C@@H](c2ccc(C(F)(F)F)cn2)CO1. The van der Waals surface area contributed by atoms with Gasteiger partial charge in [0, 0.05) is 22.7 Å². The van der Waals surface area contributed by atoms with Gasteiger partial charge in [0.15, 0.2) is 0 Å². The molecule has 0 bridgehead atoms. The largest absolute Gasteiger partial charge is 0.417 e. The molecule has 1 fully saturated rings. The lowest BCUT2D eigenvalue weighted by molar-refractivity contribution is -0.137. The highest BCUT2D eigenvalue weighted by Crippen LogP contribution is 2.35. The Morgan fingerprint density at radius 3 is 2.65 bits per heavy atom. The monoisotopic (exact) mass is 472 g/mol. The van der Waals surface area contributed by atoms with Crippen molar-refractivity contribution in [2.75, 3.05) is 18.9 Å². The summed E-state index contributed by atoms with van der Waals surface area (Å²) < 4.78 is 50.4. The number of carbonyl (C=O) groups excluding carboxylic acids is 1. The normalized spacial score (nSPS) is 19.9. The summed E-state index contributed by atoms with van der Waals surface area (Å²) in [5, 5.41) is 0.796. The summed E-state index contributed by atoms with van der Waals surface area (Å²) in [6.07, 6.45) is -3.70. The molecule has 2 aliphatic heterocycles. The number of pyridine rings is 2. The zero-order valence-corrected chi connectivity index (χ0v) is 18.6. The highest BCUT2D eigenvalue weighted by molar-refractivity contribution is 5.99. The second-order valence-electron chi connectivity index (χ2n) is 9.17. The molecule has 4 heterocycles. The summed E-state index contributed by atoms with van der Waals surface area (Å²) in [4.78, 5) is 23.7. The summed E-state index contributed by atoms with van der Waals surface area (Å²) in [6.45, 7) is 4.85. The Balaban J connectivity index is 1.52. The average molecular weight is 472 g/mol. The lowest BCUT2D eigenvalue weighted by atomic mass is 9.98. The van der Waals surface area contributed by atoms with Crippen LogP contribution in [0, 0.1) is 0 Å². The van der Waals surface area contributed by atoms with Gasteiger partial charge in [0.2, 0.25) is 0 Å². The highest BCUT2D eigenvalue weighted by atomic mass is 19.4. The van der Waals surface area contributed by atoms with Crippen molar-refractivity contribution in [2.45, 2.75) is 44.9 Å². The van der Waals surface area contributed by atoms with E-state index in [4.69, 9.17) is 15.2 Å². The fourth-order valence-electron chi connectivity index (χ4n) is 4.46. The molecule has 0 saturated carbocycles. The zero-order chi connectivity index (χ0) is 24.3. The van der Waals surface area contributed by atoms with E-state index in [2.05, 4.69) is 9.97 Å². The van der Waals surface area contributed by atoms with Gasteiger partial charge < -0.3 is 20.1 Å². The van der Waals surface area contributed by atoms with Crippen LogP contribution in [0.3, 0.4) is 0 Å². The van der Waals surface area contributed by atoms with E-state index in [0.717, 1.165) is 28.8 Å². The van der Waals surface area contributed by atoms with Crippen LogP contribution in [0.5, 0.6) is 0 Å². The second-order valence-corrected chi connectivity index (χ2v) is 9.17. The number of anilines is 1. The van der Waals surface area contributed by atoms with Crippen molar-refractivity contribution in [3.63, 3.8) is 0 Å². The van der Waals surface area contributed by atoms with E-state index in [1.165, 1.54) is 6.07 Å². The van der Waals surface area contributed by atoms with Crippen LogP contribution in [0.4, 0.5) is 19.0 Å². The van der Waals surface area contributed by atoms with Gasteiger partial charge in [-0.3, -0.25) is 9.78 Å². The third-order valence-electron chi connectivity index (χ3n) is 6.25. The van der Waals surface area contributed by atoms with Crippen molar-refractivity contribution in [1.82, 2.24) is 14.9 Å². The maximum Gasteiger partial charge on any atom is 0.417 e. The molecule has 5 rings (SSSR count). The van der Waals surface area contributed by atoms with Gasteiger partial charge in [-0.25, -0.2) is 4.98 Å². The van der Waals surface area contributed by atoms with Crippen molar-refractivity contribution >= 4 is 22.6 Å². The first-order valence-corrected chi connectivity index (χ1v) is 10.8. The summed E-state index contributed by atoms with van der Waals surface area (Å²) in [5.74, 6) is 0.150. The maximum absolute atomic E-state index is 13.7. The minimum absolute atomic E-state index is 0.117. The first-order valence-electron chi connectivity index (χ1n) is 10.8. The predicted molar refractivity (Wildman–Crippen MR) is 118 cm³/mol.